The van der Waals surface area contributed by atoms with Gasteiger partial charge in [0.2, 0.25) is 0 Å². The molecule has 0 radical (unpaired) electrons. The van der Waals surface area contributed by atoms with E-state index in [1.165, 1.54) is 6.07 Å². The van der Waals surface area contributed by atoms with Gasteiger partial charge in [-0.25, -0.2) is 9.37 Å². The SMILES string of the molecule is C#Cc1c(F)ccc2cc(O)cc(-c3cc4nc(OCC5(CN6CCO[C@H](C)C6)CC5)nc(N5C[C@H]6CC[C@@H](C5)N6)c4n4ccnc34)c12. The number of hydrogen-bond acceptors (Lipinski definition) is 9. The number of nitrogens with one attached hydrogen (secondary N) is 1. The number of piperazine rings is 1. The van der Waals surface area contributed by atoms with E-state index in [-0.39, 0.29) is 22.8 Å². The first-order valence-electron chi connectivity index (χ1n) is 16.9. The molecule has 6 heterocycles. The Hall–Kier alpha value is -4.50. The molecule has 48 heavy (non-hydrogen) atoms. The largest absolute Gasteiger partial charge is 0.508 e. The number of halogens is 1. The lowest BCUT2D eigenvalue weighted by molar-refractivity contribution is -0.0273. The van der Waals surface area contributed by atoms with Gasteiger partial charge in [0, 0.05) is 73.6 Å². The number of phenolic OH excluding ortho intramolecular Hbond substituents is 1. The van der Waals surface area contributed by atoms with Crippen LogP contribution in [-0.2, 0) is 4.74 Å². The number of ether oxygens (including phenoxy) is 2. The highest BCUT2D eigenvalue weighted by atomic mass is 19.1. The monoisotopic (exact) mass is 647 g/mol. The molecule has 3 atom stereocenters. The van der Waals surface area contributed by atoms with E-state index in [9.17, 15) is 5.11 Å². The molecule has 11 heteroatoms. The molecule has 0 spiro atoms. The van der Waals surface area contributed by atoms with Gasteiger partial charge < -0.3 is 24.8 Å². The number of morpholine rings is 1. The Labute approximate surface area is 277 Å². The van der Waals surface area contributed by atoms with Crippen molar-refractivity contribution < 1.29 is 19.0 Å². The van der Waals surface area contributed by atoms with Crippen LogP contribution >= 0.6 is 0 Å². The quantitative estimate of drug-likeness (QED) is 0.243. The lowest BCUT2D eigenvalue weighted by Gasteiger charge is -2.34. The Morgan fingerprint density at radius 2 is 1.96 bits per heavy atom. The minimum atomic E-state index is -0.494. The number of aromatic hydroxyl groups is 1. The van der Waals surface area contributed by atoms with Crippen molar-refractivity contribution in [3.05, 3.63) is 54.1 Å². The minimum absolute atomic E-state index is 0.0463. The fourth-order valence-corrected chi connectivity index (χ4v) is 8.14. The van der Waals surface area contributed by atoms with E-state index in [4.69, 9.17) is 30.8 Å². The first-order valence-corrected chi connectivity index (χ1v) is 16.9. The predicted molar refractivity (Wildman–Crippen MR) is 182 cm³/mol. The van der Waals surface area contributed by atoms with Crippen molar-refractivity contribution in [3.8, 4) is 35.2 Å². The molecule has 0 unspecified atom stereocenters. The molecule has 3 saturated heterocycles. The van der Waals surface area contributed by atoms with Crippen LogP contribution in [0.2, 0.25) is 0 Å². The summed E-state index contributed by atoms with van der Waals surface area (Å²) in [6.07, 6.45) is 14.2. The smallest absolute Gasteiger partial charge is 0.319 e. The molecule has 2 bridgehead atoms. The average molecular weight is 648 g/mol. The molecule has 5 aromatic rings. The van der Waals surface area contributed by atoms with E-state index in [0.29, 0.717) is 57.8 Å². The van der Waals surface area contributed by atoms with Gasteiger partial charge in [-0.3, -0.25) is 9.30 Å². The molecular weight excluding hydrogens is 609 g/mol. The third-order valence-electron chi connectivity index (χ3n) is 10.6. The number of hydrogen-bond donors (Lipinski definition) is 2. The molecule has 1 aliphatic carbocycles. The Morgan fingerprint density at radius 3 is 2.73 bits per heavy atom. The number of rotatable bonds is 7. The average Bonchev–Trinajstić information content (AvgIpc) is 3.50. The van der Waals surface area contributed by atoms with Crippen LogP contribution in [0.4, 0.5) is 10.2 Å². The first-order chi connectivity index (χ1) is 23.4. The second kappa shape index (κ2) is 11.3. The Kier molecular flexibility index (Phi) is 6.97. The van der Waals surface area contributed by atoms with Gasteiger partial charge in [-0.15, -0.1) is 6.42 Å². The predicted octanol–water partition coefficient (Wildman–Crippen LogP) is 4.74. The summed E-state index contributed by atoms with van der Waals surface area (Å²) < 4.78 is 29.4. The first kappa shape index (κ1) is 29.6. The van der Waals surface area contributed by atoms with Gasteiger partial charge in [-0.1, -0.05) is 12.0 Å². The topological polar surface area (TPSA) is 100 Å². The normalized spacial score (nSPS) is 23.6. The highest BCUT2D eigenvalue weighted by Crippen LogP contribution is 2.47. The van der Waals surface area contributed by atoms with Crippen LogP contribution < -0.4 is 15.0 Å². The van der Waals surface area contributed by atoms with Gasteiger partial charge in [0.15, 0.2) is 5.82 Å². The summed E-state index contributed by atoms with van der Waals surface area (Å²) in [5.41, 5.74) is 3.61. The Balaban J connectivity index is 1.18. The second-order valence-corrected chi connectivity index (χ2v) is 14.1. The molecule has 2 aromatic carbocycles. The maximum Gasteiger partial charge on any atom is 0.319 e. The molecule has 4 aliphatic rings. The molecule has 10 nitrogen and oxygen atoms in total. The molecule has 4 fully saturated rings. The van der Waals surface area contributed by atoms with E-state index >= 15 is 4.39 Å². The van der Waals surface area contributed by atoms with E-state index in [2.05, 4.69) is 28.0 Å². The van der Waals surface area contributed by atoms with Crippen molar-refractivity contribution >= 4 is 33.3 Å². The van der Waals surface area contributed by atoms with Crippen molar-refractivity contribution in [2.75, 3.05) is 50.8 Å². The van der Waals surface area contributed by atoms with Gasteiger partial charge in [0.05, 0.1) is 30.4 Å². The summed E-state index contributed by atoms with van der Waals surface area (Å²) in [6.45, 7) is 7.94. The number of terminal acetylenes is 1. The molecule has 3 aromatic heterocycles. The molecular formula is C37H38FN7O3. The number of nitrogens with zero attached hydrogens (tertiary/aromatic N) is 6. The van der Waals surface area contributed by atoms with E-state index in [1.807, 2.05) is 16.7 Å². The highest BCUT2D eigenvalue weighted by molar-refractivity contribution is 6.06. The fourth-order valence-electron chi connectivity index (χ4n) is 8.14. The van der Waals surface area contributed by atoms with Gasteiger partial charge in [-0.2, -0.15) is 9.97 Å². The maximum absolute atomic E-state index is 15.1. The highest BCUT2D eigenvalue weighted by Gasteiger charge is 2.45. The van der Waals surface area contributed by atoms with Crippen molar-refractivity contribution in [3.63, 3.8) is 0 Å². The number of aromatic nitrogens is 4. The van der Waals surface area contributed by atoms with E-state index in [0.717, 1.165) is 76.3 Å². The van der Waals surface area contributed by atoms with Gasteiger partial charge in [0.25, 0.3) is 0 Å². The second-order valence-electron chi connectivity index (χ2n) is 14.1. The standard InChI is InChI=1S/C37H38FN7O3/c1-3-27-30(38)7-4-23-14-26(46)15-28(32(23)27)29-16-31-33(45-11-10-39-34(29)45)35(44-18-24-5-6-25(19-44)40-24)42-36(41-31)48-21-37(8-9-37)20-43-12-13-47-22(2)17-43/h1,4,7,10-11,14-16,22,24-25,40,46H,5-6,8-9,12-13,17-21H2,2H3/t22-,24-,25+/m1/s1. The molecule has 3 aliphatic heterocycles. The van der Waals surface area contributed by atoms with Crippen molar-refractivity contribution in [1.82, 2.24) is 29.6 Å². The summed E-state index contributed by atoms with van der Waals surface area (Å²) in [7, 11) is 0. The Bertz CT molecular complexity index is 2110. The zero-order chi connectivity index (χ0) is 32.6. The third kappa shape index (κ3) is 5.10. The van der Waals surface area contributed by atoms with Crippen LogP contribution in [0.5, 0.6) is 11.8 Å². The summed E-state index contributed by atoms with van der Waals surface area (Å²) in [4.78, 5) is 19.7. The summed E-state index contributed by atoms with van der Waals surface area (Å²) in [5, 5.41) is 15.7. The van der Waals surface area contributed by atoms with Crippen molar-refractivity contribution in [2.45, 2.75) is 50.8 Å². The number of benzene rings is 2. The van der Waals surface area contributed by atoms with Crippen LogP contribution in [-0.4, -0.2) is 93.5 Å². The number of anilines is 1. The lowest BCUT2D eigenvalue weighted by Crippen LogP contribution is -2.51. The summed E-state index contributed by atoms with van der Waals surface area (Å²) in [6, 6.07) is 9.28. The van der Waals surface area contributed by atoms with E-state index < -0.39 is 5.82 Å². The number of pyridine rings is 1. The molecule has 9 rings (SSSR count). The van der Waals surface area contributed by atoms with Crippen LogP contribution in [0.15, 0.2) is 42.7 Å². The van der Waals surface area contributed by atoms with Crippen LogP contribution in [0.3, 0.4) is 0 Å². The number of phenols is 1. The zero-order valence-corrected chi connectivity index (χ0v) is 27.0. The lowest BCUT2D eigenvalue weighted by atomic mass is 9.94. The number of fused-ring (bicyclic) bond motifs is 6. The van der Waals surface area contributed by atoms with Gasteiger partial charge in [0.1, 0.15) is 22.7 Å². The third-order valence-corrected chi connectivity index (χ3v) is 10.6. The molecule has 0 amide bonds. The van der Waals surface area contributed by atoms with Crippen molar-refractivity contribution in [1.29, 1.82) is 0 Å². The van der Waals surface area contributed by atoms with Crippen LogP contribution in [0.1, 0.15) is 38.2 Å². The molecule has 2 N–H and O–H groups in total. The van der Waals surface area contributed by atoms with Crippen LogP contribution in [0, 0.1) is 23.6 Å². The zero-order valence-electron chi connectivity index (χ0n) is 27.0. The molecule has 1 saturated carbocycles. The fraction of sp³-hybridized carbons (Fsp3) is 0.432. The summed E-state index contributed by atoms with van der Waals surface area (Å²) >= 11 is 0. The van der Waals surface area contributed by atoms with Crippen LogP contribution in [0.25, 0.3) is 38.6 Å². The Morgan fingerprint density at radius 1 is 1.12 bits per heavy atom. The van der Waals surface area contributed by atoms with Gasteiger partial charge >= 0.3 is 6.01 Å². The molecule has 246 valence electrons. The number of imidazole rings is 1. The van der Waals surface area contributed by atoms with E-state index in [1.54, 1.807) is 24.4 Å². The van der Waals surface area contributed by atoms with Crippen molar-refractivity contribution in [2.24, 2.45) is 5.41 Å². The van der Waals surface area contributed by atoms with Gasteiger partial charge in [-0.05, 0) is 67.8 Å². The maximum atomic E-state index is 15.1. The summed E-state index contributed by atoms with van der Waals surface area (Å²) in [5.74, 6) is 2.90. The minimum Gasteiger partial charge on any atom is -0.508 e.